The van der Waals surface area contributed by atoms with Crippen LogP contribution in [-0.4, -0.2) is 32.7 Å². The molecular formula is C32H41N6O2S2+. The Bertz CT molecular complexity index is 1570. The predicted molar refractivity (Wildman–Crippen MR) is 176 cm³/mol. The lowest BCUT2D eigenvalue weighted by Crippen LogP contribution is -2.36. The van der Waals surface area contributed by atoms with Gasteiger partial charge in [-0.3, -0.25) is 0 Å². The maximum atomic E-state index is 11.9. The Morgan fingerprint density at radius 2 is 1.74 bits per heavy atom. The largest absolute Gasteiger partial charge is 0.341 e. The fourth-order valence-corrected chi connectivity index (χ4v) is 8.56. The van der Waals surface area contributed by atoms with Gasteiger partial charge in [-0.15, -0.1) is 0 Å². The number of carbonyl (C=O) groups excluding carboxylic acids is 2. The molecule has 1 aliphatic heterocycles. The minimum Gasteiger partial charge on any atom is -0.341 e. The number of nitrogens with one attached hydrogen (secondary N) is 4. The molecule has 2 aliphatic rings. The molecule has 222 valence electrons. The number of nitrogens with zero attached hydrogens (tertiary/aromatic N) is 2. The van der Waals surface area contributed by atoms with Crippen LogP contribution in [0.1, 0.15) is 45.5 Å². The van der Waals surface area contributed by atoms with Crippen molar-refractivity contribution in [2.45, 2.75) is 58.4 Å². The van der Waals surface area contributed by atoms with Gasteiger partial charge in [0.05, 0.1) is 10.7 Å². The van der Waals surface area contributed by atoms with Crippen LogP contribution >= 0.6 is 23.1 Å². The number of urea groups is 2. The molecule has 0 saturated heterocycles. The van der Waals surface area contributed by atoms with E-state index in [2.05, 4.69) is 94.8 Å². The predicted octanol–water partition coefficient (Wildman–Crippen LogP) is 7.09. The van der Waals surface area contributed by atoms with E-state index in [4.69, 9.17) is 0 Å². The van der Waals surface area contributed by atoms with Gasteiger partial charge in [0.15, 0.2) is 0 Å². The van der Waals surface area contributed by atoms with E-state index < -0.39 is 0 Å². The van der Waals surface area contributed by atoms with E-state index in [0.29, 0.717) is 5.92 Å². The molecular weight excluding hydrogens is 565 g/mol. The monoisotopic (exact) mass is 605 g/mol. The van der Waals surface area contributed by atoms with Crippen LogP contribution in [0.2, 0.25) is 0 Å². The topological polar surface area (TPSA) is 89.4 Å². The standard InChI is InChI=1S/C32H40N6O2S2/c1-7-37-24-16-22(35-30(39)33-5)9-11-26(24)41-28(37)14-20-13-21(19-32(3,4)18-20)15-29-38(8-2)25-17-23(36-31(40)34-6)10-12-27(25)42-29/h9-14,16-17,21H,7-8,15,18-19H2,1-6H3,(H3-,33,34,35,36,39,40)/p+1/b28-14-. The average Bonchev–Trinajstić information content (AvgIpc) is 3.47. The van der Waals surface area contributed by atoms with E-state index in [1.165, 1.54) is 25.2 Å². The summed E-state index contributed by atoms with van der Waals surface area (Å²) in [6.07, 6.45) is 8.04. The van der Waals surface area contributed by atoms with E-state index in [9.17, 15) is 9.59 Å². The molecule has 42 heavy (non-hydrogen) atoms. The number of fused-ring (bicyclic) bond motifs is 2. The first-order valence-electron chi connectivity index (χ1n) is 14.6. The molecule has 0 saturated carbocycles. The SMILES string of the molecule is CCN1/C(=C/C2=CC(Cc3sc4ccc(NC(=O)NC)cc4[n+]3CC)CC(C)(C)C2)Sc2ccc(NC(=O)NC)cc21. The number of thioether (sulfide) groups is 1. The van der Waals surface area contributed by atoms with Crippen molar-refractivity contribution in [3.63, 3.8) is 0 Å². The number of amides is 4. The van der Waals surface area contributed by atoms with Crippen LogP contribution < -0.4 is 30.7 Å². The Hall–Kier alpha value is -3.50. The summed E-state index contributed by atoms with van der Waals surface area (Å²) in [7, 11) is 3.25. The summed E-state index contributed by atoms with van der Waals surface area (Å²) in [6.45, 7) is 10.9. The number of anilines is 3. The van der Waals surface area contributed by atoms with Crippen LogP contribution in [0.5, 0.6) is 0 Å². The van der Waals surface area contributed by atoms with Gasteiger partial charge in [0.25, 0.3) is 0 Å². The molecule has 3 aromatic rings. The number of aryl methyl sites for hydroxylation is 1. The second kappa shape index (κ2) is 12.4. The number of allylic oxidation sites excluding steroid dienone is 3. The van der Waals surface area contributed by atoms with E-state index in [-0.39, 0.29) is 17.5 Å². The van der Waals surface area contributed by atoms with Crippen LogP contribution in [0, 0.1) is 11.3 Å². The fourth-order valence-electron chi connectivity index (χ4n) is 6.08. The van der Waals surface area contributed by atoms with Crippen LogP contribution in [0.25, 0.3) is 10.2 Å². The van der Waals surface area contributed by atoms with E-state index in [0.717, 1.165) is 54.9 Å². The maximum Gasteiger partial charge on any atom is 0.318 e. The molecule has 1 atom stereocenters. The van der Waals surface area contributed by atoms with Gasteiger partial charge < -0.3 is 26.2 Å². The third-order valence-electron chi connectivity index (χ3n) is 7.80. The second-order valence-corrected chi connectivity index (χ2v) is 13.8. The van der Waals surface area contributed by atoms with Gasteiger partial charge in [-0.05, 0) is 80.0 Å². The molecule has 0 radical (unpaired) electrons. The molecule has 2 heterocycles. The first-order chi connectivity index (χ1) is 20.1. The van der Waals surface area contributed by atoms with Gasteiger partial charge in [-0.25, -0.2) is 9.59 Å². The number of carbonyl (C=O) groups is 2. The third-order valence-corrected chi connectivity index (χ3v) is 10.1. The van der Waals surface area contributed by atoms with Crippen molar-refractivity contribution in [1.82, 2.24) is 10.6 Å². The van der Waals surface area contributed by atoms with Crippen molar-refractivity contribution in [2.75, 3.05) is 36.2 Å². The summed E-state index contributed by atoms with van der Waals surface area (Å²) in [5.41, 5.74) is 5.46. The summed E-state index contributed by atoms with van der Waals surface area (Å²) in [5.74, 6) is 0.433. The quantitative estimate of drug-likeness (QED) is 0.217. The Morgan fingerprint density at radius 3 is 2.40 bits per heavy atom. The molecule has 8 nitrogen and oxygen atoms in total. The zero-order chi connectivity index (χ0) is 30.0. The lowest BCUT2D eigenvalue weighted by molar-refractivity contribution is -0.671. The molecule has 0 spiro atoms. The van der Waals surface area contributed by atoms with Gasteiger partial charge in [-0.2, -0.15) is 4.57 Å². The number of hydrogen-bond acceptors (Lipinski definition) is 5. The Balaban J connectivity index is 1.41. The van der Waals surface area contributed by atoms with Crippen molar-refractivity contribution < 1.29 is 14.2 Å². The normalized spacial score (nSPS) is 18.5. The molecule has 0 bridgehead atoms. The minimum absolute atomic E-state index is 0.196. The van der Waals surface area contributed by atoms with Gasteiger partial charge >= 0.3 is 12.1 Å². The van der Waals surface area contributed by atoms with E-state index in [1.807, 2.05) is 23.5 Å². The molecule has 2 aromatic carbocycles. The van der Waals surface area contributed by atoms with Gasteiger partial charge in [-0.1, -0.05) is 43.0 Å². The highest BCUT2D eigenvalue weighted by atomic mass is 32.2. The first kappa shape index (κ1) is 30.0. The molecule has 1 aliphatic carbocycles. The molecule has 4 N–H and O–H groups in total. The number of hydrogen-bond donors (Lipinski definition) is 4. The van der Waals surface area contributed by atoms with Crippen molar-refractivity contribution in [3.8, 4) is 0 Å². The lowest BCUT2D eigenvalue weighted by atomic mass is 9.72. The van der Waals surface area contributed by atoms with Gasteiger partial charge in [0.1, 0.15) is 11.2 Å². The highest BCUT2D eigenvalue weighted by Crippen LogP contribution is 2.49. The van der Waals surface area contributed by atoms with Crippen molar-refractivity contribution in [3.05, 3.63) is 64.2 Å². The first-order valence-corrected chi connectivity index (χ1v) is 16.2. The number of rotatable bonds is 7. The molecule has 5 rings (SSSR count). The number of aromatic nitrogens is 1. The zero-order valence-electron chi connectivity index (χ0n) is 25.3. The molecule has 0 fully saturated rings. The number of thiazole rings is 1. The minimum atomic E-state index is -0.218. The highest BCUT2D eigenvalue weighted by molar-refractivity contribution is 8.03. The van der Waals surface area contributed by atoms with Crippen molar-refractivity contribution >= 4 is 62.4 Å². The summed E-state index contributed by atoms with van der Waals surface area (Å²) in [5, 5.41) is 13.6. The molecule has 10 heteroatoms. The molecule has 1 unspecified atom stereocenters. The molecule has 4 amide bonds. The van der Waals surface area contributed by atoms with Gasteiger partial charge in [0.2, 0.25) is 10.5 Å². The average molecular weight is 606 g/mol. The Morgan fingerprint density at radius 1 is 1.05 bits per heavy atom. The smallest absolute Gasteiger partial charge is 0.318 e. The molecule has 1 aromatic heterocycles. The maximum absolute atomic E-state index is 11.9. The lowest BCUT2D eigenvalue weighted by Gasteiger charge is -2.34. The zero-order valence-corrected chi connectivity index (χ0v) is 26.9. The van der Waals surface area contributed by atoms with Gasteiger partial charge in [0, 0.05) is 49.4 Å². The second-order valence-electron chi connectivity index (χ2n) is 11.6. The fraction of sp³-hybridized carbons (Fsp3) is 0.406. The van der Waals surface area contributed by atoms with Crippen molar-refractivity contribution in [1.29, 1.82) is 0 Å². The van der Waals surface area contributed by atoms with Crippen LogP contribution in [0.15, 0.2) is 64.0 Å². The van der Waals surface area contributed by atoms with E-state index >= 15 is 0 Å². The third kappa shape index (κ3) is 6.44. The summed E-state index contributed by atoms with van der Waals surface area (Å²) in [6, 6.07) is 11.8. The van der Waals surface area contributed by atoms with Crippen LogP contribution in [0.4, 0.5) is 26.7 Å². The van der Waals surface area contributed by atoms with Crippen molar-refractivity contribution in [2.24, 2.45) is 11.3 Å². The summed E-state index contributed by atoms with van der Waals surface area (Å²) in [4.78, 5) is 27.3. The Kier molecular flexibility index (Phi) is 8.84. The Labute approximate surface area is 256 Å². The summed E-state index contributed by atoms with van der Waals surface area (Å²) >= 11 is 3.65. The van der Waals surface area contributed by atoms with Crippen LogP contribution in [-0.2, 0) is 13.0 Å². The van der Waals surface area contributed by atoms with E-state index in [1.54, 1.807) is 25.9 Å². The van der Waals surface area contributed by atoms with Crippen LogP contribution in [0.3, 0.4) is 0 Å². The number of benzene rings is 2. The highest BCUT2D eigenvalue weighted by Gasteiger charge is 2.32. The summed E-state index contributed by atoms with van der Waals surface area (Å²) < 4.78 is 3.63.